The van der Waals surface area contributed by atoms with Crippen molar-refractivity contribution >= 4 is 17.6 Å². The number of aromatic nitrogens is 1. The summed E-state index contributed by atoms with van der Waals surface area (Å²) in [5.74, 6) is 0.584. The predicted molar refractivity (Wildman–Crippen MR) is 84.1 cm³/mol. The Bertz CT molecular complexity index is 512. The third-order valence-corrected chi connectivity index (χ3v) is 3.79. The summed E-state index contributed by atoms with van der Waals surface area (Å²) in [4.78, 5) is 17.3. The number of anilines is 2. The molecule has 0 amide bonds. The van der Waals surface area contributed by atoms with E-state index in [2.05, 4.69) is 10.3 Å². The number of hydrogen-bond donors (Lipinski definition) is 3. The van der Waals surface area contributed by atoms with Crippen LogP contribution in [0.3, 0.4) is 0 Å². The van der Waals surface area contributed by atoms with Crippen LogP contribution in [0.5, 0.6) is 0 Å². The van der Waals surface area contributed by atoms with Gasteiger partial charge in [-0.1, -0.05) is 6.07 Å². The van der Waals surface area contributed by atoms with Crippen LogP contribution in [-0.4, -0.2) is 48.4 Å². The lowest BCUT2D eigenvalue weighted by Gasteiger charge is -2.26. The maximum absolute atomic E-state index is 12.5. The Balaban J connectivity index is 2.08. The van der Waals surface area contributed by atoms with Gasteiger partial charge in [-0.2, -0.15) is 0 Å². The fraction of sp³-hybridized carbons (Fsp3) is 0.600. The number of carboxylic acids is 1. The molecule has 122 valence electrons. The van der Waals surface area contributed by atoms with Gasteiger partial charge in [-0.15, -0.1) is 0 Å². The highest BCUT2D eigenvalue weighted by Gasteiger charge is 2.17. The van der Waals surface area contributed by atoms with Gasteiger partial charge < -0.3 is 21.1 Å². The number of aliphatic carboxylic acids is 1. The molecule has 6 nitrogen and oxygen atoms in total. The van der Waals surface area contributed by atoms with Crippen molar-refractivity contribution in [2.75, 3.05) is 36.5 Å². The highest BCUT2D eigenvalue weighted by Crippen LogP contribution is 2.23. The molecule has 0 spiro atoms. The third kappa shape index (κ3) is 4.30. The minimum Gasteiger partial charge on any atom is -0.480 e. The molecule has 0 aliphatic carbocycles. The number of hydrogen-bond acceptors (Lipinski definition) is 5. The van der Waals surface area contributed by atoms with Gasteiger partial charge in [-0.05, 0) is 37.3 Å². The van der Waals surface area contributed by atoms with Crippen LogP contribution < -0.4 is 16.0 Å². The fourth-order valence-corrected chi connectivity index (χ4v) is 2.50. The van der Waals surface area contributed by atoms with E-state index in [1.54, 1.807) is 0 Å². The van der Waals surface area contributed by atoms with E-state index >= 15 is 0 Å². The number of halogens is 1. The molecule has 1 aliphatic rings. The maximum Gasteiger partial charge on any atom is 0.320 e. The van der Waals surface area contributed by atoms with Crippen LogP contribution in [0.2, 0.25) is 0 Å². The van der Waals surface area contributed by atoms with Crippen LogP contribution in [-0.2, 0) is 11.2 Å². The first kappa shape index (κ1) is 16.5. The number of nitrogens with two attached hydrogens (primary N) is 1. The minimum atomic E-state index is -1.02. The molecule has 1 atom stereocenters. The van der Waals surface area contributed by atoms with E-state index in [4.69, 9.17) is 10.8 Å². The van der Waals surface area contributed by atoms with Gasteiger partial charge in [-0.25, -0.2) is 4.98 Å². The van der Waals surface area contributed by atoms with Crippen molar-refractivity contribution in [3.8, 4) is 0 Å². The van der Waals surface area contributed by atoms with Crippen molar-refractivity contribution in [1.82, 2.24) is 4.98 Å². The molecular weight excluding hydrogens is 287 g/mol. The largest absolute Gasteiger partial charge is 0.480 e. The summed E-state index contributed by atoms with van der Waals surface area (Å²) >= 11 is 0. The molecule has 0 bridgehead atoms. The molecule has 1 aliphatic heterocycles. The number of nitrogens with zero attached hydrogens (tertiary/aromatic N) is 2. The van der Waals surface area contributed by atoms with Crippen molar-refractivity contribution in [2.24, 2.45) is 5.73 Å². The summed E-state index contributed by atoms with van der Waals surface area (Å²) in [6.45, 7) is 1.43. The maximum atomic E-state index is 12.5. The first-order valence-corrected chi connectivity index (χ1v) is 7.65. The normalized spacial score (nSPS) is 14.8. The van der Waals surface area contributed by atoms with E-state index in [9.17, 15) is 9.18 Å². The van der Waals surface area contributed by atoms with Crippen LogP contribution in [0, 0.1) is 0 Å². The number of carbonyl (C=O) groups is 1. The summed E-state index contributed by atoms with van der Waals surface area (Å²) in [6.07, 6.45) is 2.78. The Morgan fingerprint density at radius 2 is 2.32 bits per heavy atom. The zero-order chi connectivity index (χ0) is 15.9. The van der Waals surface area contributed by atoms with Crippen LogP contribution in [0.15, 0.2) is 12.1 Å². The molecule has 22 heavy (non-hydrogen) atoms. The number of carboxylic acid groups (broad SMARTS) is 1. The number of nitrogens with one attached hydrogen (secondary N) is 1. The number of rotatable bonds is 8. The van der Waals surface area contributed by atoms with Gasteiger partial charge in [0.05, 0.1) is 6.67 Å². The molecule has 4 N–H and O–H groups in total. The Morgan fingerprint density at radius 1 is 1.50 bits per heavy atom. The molecule has 0 saturated carbocycles. The molecule has 0 aromatic carbocycles. The lowest BCUT2D eigenvalue weighted by atomic mass is 10.1. The molecule has 2 rings (SSSR count). The van der Waals surface area contributed by atoms with E-state index < -0.39 is 18.7 Å². The van der Waals surface area contributed by atoms with Gasteiger partial charge in [0, 0.05) is 19.6 Å². The van der Waals surface area contributed by atoms with Gasteiger partial charge in [0.1, 0.15) is 17.7 Å². The highest BCUT2D eigenvalue weighted by atomic mass is 19.1. The fourth-order valence-electron chi connectivity index (χ4n) is 2.50. The number of pyridine rings is 1. The third-order valence-electron chi connectivity index (χ3n) is 3.79. The van der Waals surface area contributed by atoms with Gasteiger partial charge in [0.2, 0.25) is 0 Å². The Hall–Kier alpha value is -1.89. The smallest absolute Gasteiger partial charge is 0.320 e. The second kappa shape index (κ2) is 7.93. The lowest BCUT2D eigenvalue weighted by molar-refractivity contribution is -0.138. The first-order chi connectivity index (χ1) is 10.6. The van der Waals surface area contributed by atoms with Gasteiger partial charge in [0.25, 0.3) is 0 Å². The van der Waals surface area contributed by atoms with E-state index in [1.165, 1.54) is 5.56 Å². The zero-order valence-corrected chi connectivity index (χ0v) is 12.6. The minimum absolute atomic E-state index is 0.299. The summed E-state index contributed by atoms with van der Waals surface area (Å²) < 4.78 is 12.5. The second-order valence-corrected chi connectivity index (χ2v) is 5.47. The first-order valence-electron chi connectivity index (χ1n) is 7.65. The molecule has 1 aromatic rings. The van der Waals surface area contributed by atoms with Crippen molar-refractivity contribution in [3.05, 3.63) is 17.7 Å². The van der Waals surface area contributed by atoms with E-state index in [0.717, 1.165) is 31.0 Å². The lowest BCUT2D eigenvalue weighted by Crippen LogP contribution is -2.36. The van der Waals surface area contributed by atoms with Gasteiger partial charge >= 0.3 is 5.97 Å². The van der Waals surface area contributed by atoms with Crippen LogP contribution >= 0.6 is 0 Å². The molecule has 0 saturated heterocycles. The molecule has 7 heteroatoms. The molecule has 0 unspecified atom stereocenters. The summed E-state index contributed by atoms with van der Waals surface area (Å²) in [5, 5.41) is 12.1. The second-order valence-electron chi connectivity index (χ2n) is 5.47. The van der Waals surface area contributed by atoms with Gasteiger partial charge in [0.15, 0.2) is 0 Å². The van der Waals surface area contributed by atoms with E-state index in [0.29, 0.717) is 25.9 Å². The summed E-state index contributed by atoms with van der Waals surface area (Å²) in [5.41, 5.74) is 6.73. The highest BCUT2D eigenvalue weighted by molar-refractivity contribution is 5.73. The average molecular weight is 310 g/mol. The van der Waals surface area contributed by atoms with Crippen LogP contribution in [0.1, 0.15) is 24.8 Å². The zero-order valence-electron chi connectivity index (χ0n) is 12.6. The van der Waals surface area contributed by atoms with Crippen molar-refractivity contribution < 1.29 is 14.3 Å². The summed E-state index contributed by atoms with van der Waals surface area (Å²) in [7, 11) is 0. The standard InChI is InChI=1S/C15H23FN4O2/c16-7-2-9-20(10-6-12(17)15(21)22)13-5-4-11-3-1-8-18-14(11)19-13/h4-5,12H,1-3,6-10,17H2,(H,18,19)(H,21,22)/t12-/m0/s1. The Kier molecular flexibility index (Phi) is 5.94. The molecular formula is C15H23FN4O2. The average Bonchev–Trinajstić information content (AvgIpc) is 2.54. The molecule has 0 radical (unpaired) electrons. The molecule has 2 heterocycles. The van der Waals surface area contributed by atoms with Gasteiger partial charge in [-0.3, -0.25) is 9.18 Å². The van der Waals surface area contributed by atoms with Crippen molar-refractivity contribution in [2.45, 2.75) is 31.7 Å². The molecule has 1 aromatic heterocycles. The van der Waals surface area contributed by atoms with Crippen molar-refractivity contribution in [3.63, 3.8) is 0 Å². The van der Waals surface area contributed by atoms with E-state index in [1.807, 2.05) is 17.0 Å². The Morgan fingerprint density at radius 3 is 3.05 bits per heavy atom. The van der Waals surface area contributed by atoms with Crippen LogP contribution in [0.4, 0.5) is 16.0 Å². The summed E-state index contributed by atoms with van der Waals surface area (Å²) in [6, 6.07) is 3.03. The van der Waals surface area contributed by atoms with Crippen molar-refractivity contribution in [1.29, 1.82) is 0 Å². The number of alkyl halides is 1. The Labute approximate surface area is 129 Å². The topological polar surface area (TPSA) is 91.5 Å². The monoisotopic (exact) mass is 310 g/mol. The van der Waals surface area contributed by atoms with E-state index in [-0.39, 0.29) is 0 Å². The van der Waals surface area contributed by atoms with Crippen LogP contribution in [0.25, 0.3) is 0 Å². The SMILES string of the molecule is N[C@@H](CCN(CCCF)c1ccc2c(n1)NCCC2)C(=O)O. The quantitative estimate of drug-likeness (QED) is 0.672. The predicted octanol–water partition coefficient (Wildman–Crippen LogP) is 1.41. The molecule has 0 fully saturated rings. The number of fused-ring (bicyclic) bond motifs is 1. The number of aryl methyl sites for hydroxylation is 1.